The van der Waals surface area contributed by atoms with Gasteiger partial charge in [0.05, 0.1) is 13.2 Å². The molecule has 0 aliphatic carbocycles. The average Bonchev–Trinajstić information content (AvgIpc) is 2.96. The second-order valence-electron chi connectivity index (χ2n) is 5.48. The van der Waals surface area contributed by atoms with Crippen molar-refractivity contribution in [3.8, 4) is 0 Å². The molecule has 0 amide bonds. The maximum Gasteiger partial charge on any atom is 0.163 e. The highest BCUT2D eigenvalue weighted by atomic mass is 16.5. The van der Waals surface area contributed by atoms with E-state index in [0.717, 1.165) is 55.9 Å². The summed E-state index contributed by atoms with van der Waals surface area (Å²) < 4.78 is 7.62. The SMILES string of the molecule is CCC(=O)c1cccc2c1ccn2CCN1CCOCC1. The van der Waals surface area contributed by atoms with Crippen LogP contribution in [-0.2, 0) is 11.3 Å². The zero-order chi connectivity index (χ0) is 14.7. The number of ketones is 1. The van der Waals surface area contributed by atoms with Gasteiger partial charge in [0.2, 0.25) is 0 Å². The molecule has 0 spiro atoms. The number of fused-ring (bicyclic) bond motifs is 1. The van der Waals surface area contributed by atoms with Crippen molar-refractivity contribution >= 4 is 16.7 Å². The fourth-order valence-corrected chi connectivity index (χ4v) is 2.93. The van der Waals surface area contributed by atoms with Crippen LogP contribution >= 0.6 is 0 Å². The molecule has 1 aromatic carbocycles. The minimum absolute atomic E-state index is 0.214. The number of hydrogen-bond donors (Lipinski definition) is 0. The Labute approximate surface area is 125 Å². The van der Waals surface area contributed by atoms with Crippen LogP contribution in [0.15, 0.2) is 30.5 Å². The maximum atomic E-state index is 12.0. The number of morpholine rings is 1. The molecular formula is C17H22N2O2. The number of Topliss-reactive ketones (excluding diaryl/α,β-unsaturated/α-hetero) is 1. The van der Waals surface area contributed by atoms with Crippen LogP contribution in [0.1, 0.15) is 23.7 Å². The van der Waals surface area contributed by atoms with Gasteiger partial charge < -0.3 is 9.30 Å². The predicted octanol–water partition coefficient (Wildman–Crippen LogP) is 2.57. The van der Waals surface area contributed by atoms with Gasteiger partial charge in [-0.2, -0.15) is 0 Å². The van der Waals surface area contributed by atoms with E-state index in [4.69, 9.17) is 4.74 Å². The third-order valence-corrected chi connectivity index (χ3v) is 4.20. The van der Waals surface area contributed by atoms with Gasteiger partial charge in [0.15, 0.2) is 5.78 Å². The maximum absolute atomic E-state index is 12.0. The molecule has 1 aliphatic heterocycles. The molecule has 0 N–H and O–H groups in total. The van der Waals surface area contributed by atoms with Gasteiger partial charge in [0.1, 0.15) is 0 Å². The third-order valence-electron chi connectivity index (χ3n) is 4.20. The first kappa shape index (κ1) is 14.3. The molecule has 0 saturated carbocycles. The Morgan fingerprint density at radius 1 is 1.19 bits per heavy atom. The molecule has 0 radical (unpaired) electrons. The van der Waals surface area contributed by atoms with E-state index in [0.29, 0.717) is 6.42 Å². The molecule has 1 saturated heterocycles. The van der Waals surface area contributed by atoms with E-state index in [2.05, 4.69) is 27.8 Å². The van der Waals surface area contributed by atoms with Crippen LogP contribution in [0.5, 0.6) is 0 Å². The molecule has 0 bridgehead atoms. The summed E-state index contributed by atoms with van der Waals surface area (Å²) in [4.78, 5) is 14.4. The van der Waals surface area contributed by atoms with E-state index < -0.39 is 0 Å². The number of carbonyl (C=O) groups excluding carboxylic acids is 1. The van der Waals surface area contributed by atoms with Crippen molar-refractivity contribution in [3.05, 3.63) is 36.0 Å². The van der Waals surface area contributed by atoms with E-state index in [1.807, 2.05) is 19.1 Å². The minimum Gasteiger partial charge on any atom is -0.379 e. The molecule has 1 fully saturated rings. The van der Waals surface area contributed by atoms with Crippen LogP contribution in [0.25, 0.3) is 10.9 Å². The van der Waals surface area contributed by atoms with Crippen LogP contribution in [0.3, 0.4) is 0 Å². The van der Waals surface area contributed by atoms with E-state index in [9.17, 15) is 4.79 Å². The Hall–Kier alpha value is -1.65. The highest BCUT2D eigenvalue weighted by Gasteiger charge is 2.13. The highest BCUT2D eigenvalue weighted by molar-refractivity contribution is 6.07. The summed E-state index contributed by atoms with van der Waals surface area (Å²) >= 11 is 0. The number of aromatic nitrogens is 1. The Bertz CT molecular complexity index is 627. The van der Waals surface area contributed by atoms with Gasteiger partial charge in [-0.1, -0.05) is 19.1 Å². The second-order valence-corrected chi connectivity index (χ2v) is 5.48. The van der Waals surface area contributed by atoms with Gasteiger partial charge in [-0.25, -0.2) is 0 Å². The van der Waals surface area contributed by atoms with Crippen LogP contribution in [0.2, 0.25) is 0 Å². The van der Waals surface area contributed by atoms with Gasteiger partial charge in [-0.05, 0) is 12.1 Å². The lowest BCUT2D eigenvalue weighted by atomic mass is 10.0. The largest absolute Gasteiger partial charge is 0.379 e. The second kappa shape index (κ2) is 6.41. The number of ether oxygens (including phenoxy) is 1. The van der Waals surface area contributed by atoms with Crippen LogP contribution < -0.4 is 0 Å². The third kappa shape index (κ3) is 3.01. The topological polar surface area (TPSA) is 34.5 Å². The van der Waals surface area contributed by atoms with Crippen molar-refractivity contribution < 1.29 is 9.53 Å². The van der Waals surface area contributed by atoms with Gasteiger partial charge in [-0.3, -0.25) is 9.69 Å². The summed E-state index contributed by atoms with van der Waals surface area (Å²) in [5.74, 6) is 0.214. The molecule has 1 aliphatic rings. The quantitative estimate of drug-likeness (QED) is 0.792. The van der Waals surface area contributed by atoms with Crippen LogP contribution in [0, 0.1) is 0 Å². The molecule has 3 rings (SSSR count). The van der Waals surface area contributed by atoms with Gasteiger partial charge in [0, 0.05) is 55.3 Å². The summed E-state index contributed by atoms with van der Waals surface area (Å²) in [7, 11) is 0. The van der Waals surface area contributed by atoms with Crippen molar-refractivity contribution in [1.82, 2.24) is 9.47 Å². The summed E-state index contributed by atoms with van der Waals surface area (Å²) in [6.45, 7) is 7.59. The summed E-state index contributed by atoms with van der Waals surface area (Å²) in [6, 6.07) is 8.08. The number of benzene rings is 1. The lowest BCUT2D eigenvalue weighted by Gasteiger charge is -2.26. The van der Waals surface area contributed by atoms with Crippen molar-refractivity contribution in [2.24, 2.45) is 0 Å². The molecule has 2 heterocycles. The van der Waals surface area contributed by atoms with Gasteiger partial charge in [-0.15, -0.1) is 0 Å². The molecule has 4 heteroatoms. The zero-order valence-corrected chi connectivity index (χ0v) is 12.5. The molecule has 2 aromatic rings. The molecule has 112 valence electrons. The summed E-state index contributed by atoms with van der Waals surface area (Å²) in [5.41, 5.74) is 2.00. The number of rotatable bonds is 5. The predicted molar refractivity (Wildman–Crippen MR) is 83.8 cm³/mol. The van der Waals surface area contributed by atoms with Gasteiger partial charge >= 0.3 is 0 Å². The van der Waals surface area contributed by atoms with Gasteiger partial charge in [0.25, 0.3) is 0 Å². The van der Waals surface area contributed by atoms with E-state index in [-0.39, 0.29) is 5.78 Å². The molecule has 4 nitrogen and oxygen atoms in total. The first-order valence-corrected chi connectivity index (χ1v) is 7.70. The first-order valence-electron chi connectivity index (χ1n) is 7.70. The van der Waals surface area contributed by atoms with E-state index in [1.54, 1.807) is 0 Å². The zero-order valence-electron chi connectivity index (χ0n) is 12.5. The fourth-order valence-electron chi connectivity index (χ4n) is 2.93. The first-order chi connectivity index (χ1) is 10.3. The molecule has 0 unspecified atom stereocenters. The van der Waals surface area contributed by atoms with Crippen molar-refractivity contribution in [2.75, 3.05) is 32.8 Å². The van der Waals surface area contributed by atoms with Crippen molar-refractivity contribution in [1.29, 1.82) is 0 Å². The lowest BCUT2D eigenvalue weighted by Crippen LogP contribution is -2.38. The Morgan fingerprint density at radius 3 is 2.76 bits per heavy atom. The Balaban J connectivity index is 1.78. The Morgan fingerprint density at radius 2 is 2.00 bits per heavy atom. The van der Waals surface area contributed by atoms with Crippen LogP contribution in [-0.4, -0.2) is 48.1 Å². The van der Waals surface area contributed by atoms with Crippen molar-refractivity contribution in [2.45, 2.75) is 19.9 Å². The monoisotopic (exact) mass is 286 g/mol. The summed E-state index contributed by atoms with van der Waals surface area (Å²) in [6.07, 6.45) is 2.65. The van der Waals surface area contributed by atoms with E-state index in [1.165, 1.54) is 0 Å². The number of nitrogens with zero attached hydrogens (tertiary/aromatic N) is 2. The number of carbonyl (C=O) groups is 1. The summed E-state index contributed by atoms with van der Waals surface area (Å²) in [5, 5.41) is 1.08. The van der Waals surface area contributed by atoms with Crippen molar-refractivity contribution in [3.63, 3.8) is 0 Å². The fraction of sp³-hybridized carbons (Fsp3) is 0.471. The minimum atomic E-state index is 0.214. The molecule has 0 atom stereocenters. The standard InChI is InChI=1S/C17H22N2O2/c1-2-17(20)15-4-3-5-16-14(15)6-7-19(16)9-8-18-10-12-21-13-11-18/h3-7H,2,8-13H2,1H3. The molecular weight excluding hydrogens is 264 g/mol. The number of hydrogen-bond acceptors (Lipinski definition) is 3. The van der Waals surface area contributed by atoms with E-state index >= 15 is 0 Å². The molecule has 21 heavy (non-hydrogen) atoms. The average molecular weight is 286 g/mol. The smallest absolute Gasteiger partial charge is 0.163 e. The Kier molecular flexibility index (Phi) is 4.36. The lowest BCUT2D eigenvalue weighted by molar-refractivity contribution is 0.0365. The highest BCUT2D eigenvalue weighted by Crippen LogP contribution is 2.21. The van der Waals surface area contributed by atoms with Crippen LogP contribution in [0.4, 0.5) is 0 Å². The molecule has 1 aromatic heterocycles. The normalized spacial score (nSPS) is 16.4.